The van der Waals surface area contributed by atoms with Gasteiger partial charge in [-0.3, -0.25) is 24.3 Å². The van der Waals surface area contributed by atoms with E-state index in [4.69, 9.17) is 0 Å². The van der Waals surface area contributed by atoms with Gasteiger partial charge in [0.15, 0.2) is 0 Å². The Kier molecular flexibility index (Phi) is 4.68. The van der Waals surface area contributed by atoms with Crippen LogP contribution in [-0.4, -0.2) is 59.4 Å². The van der Waals surface area contributed by atoms with Crippen LogP contribution in [0.4, 0.5) is 0 Å². The number of hydrogen-bond donors (Lipinski definition) is 0. The zero-order valence-corrected chi connectivity index (χ0v) is 14.5. The standard InChI is InChI=1S/C20H25N3O2/c24-19-17-8-4-5-9-18(17)20(25)23(19)15-22-12-10-21(11-13-22)14-16-6-2-1-3-7-16/h1-7,17-18H,8-15H2/t17-,18-/m0/s1. The molecule has 25 heavy (non-hydrogen) atoms. The van der Waals surface area contributed by atoms with Crippen molar-refractivity contribution in [3.8, 4) is 0 Å². The van der Waals surface area contributed by atoms with Crippen LogP contribution in [0, 0.1) is 11.8 Å². The van der Waals surface area contributed by atoms with E-state index in [1.165, 1.54) is 10.5 Å². The number of carbonyl (C=O) groups excluding carboxylic acids is 2. The molecule has 1 aliphatic carbocycles. The Balaban J connectivity index is 1.30. The SMILES string of the molecule is O=C1[C@H]2CC=CC[C@@H]2C(=O)N1CN1CCN(Cc2ccccc2)CC1. The summed E-state index contributed by atoms with van der Waals surface area (Å²) in [6.07, 6.45) is 5.52. The highest BCUT2D eigenvalue weighted by Gasteiger charge is 2.47. The minimum Gasteiger partial charge on any atom is -0.297 e. The van der Waals surface area contributed by atoms with Crippen LogP contribution in [0.25, 0.3) is 0 Å². The number of nitrogens with zero attached hydrogens (tertiary/aromatic N) is 3. The van der Waals surface area contributed by atoms with E-state index in [0.717, 1.165) is 45.6 Å². The molecule has 4 rings (SSSR count). The summed E-state index contributed by atoms with van der Waals surface area (Å²) in [5, 5.41) is 0. The van der Waals surface area contributed by atoms with Crippen LogP contribution >= 0.6 is 0 Å². The van der Waals surface area contributed by atoms with Gasteiger partial charge in [0.25, 0.3) is 0 Å². The molecule has 0 spiro atoms. The maximum Gasteiger partial charge on any atom is 0.234 e. The van der Waals surface area contributed by atoms with E-state index in [9.17, 15) is 9.59 Å². The van der Waals surface area contributed by atoms with E-state index < -0.39 is 0 Å². The van der Waals surface area contributed by atoms with Gasteiger partial charge in [-0.25, -0.2) is 0 Å². The topological polar surface area (TPSA) is 43.9 Å². The van der Waals surface area contributed by atoms with Gasteiger partial charge in [-0.2, -0.15) is 0 Å². The van der Waals surface area contributed by atoms with Crippen LogP contribution in [0.2, 0.25) is 0 Å². The second kappa shape index (κ2) is 7.10. The zero-order valence-electron chi connectivity index (χ0n) is 14.5. The molecule has 2 atom stereocenters. The minimum atomic E-state index is -0.114. The van der Waals surface area contributed by atoms with Crippen molar-refractivity contribution in [1.82, 2.24) is 14.7 Å². The quantitative estimate of drug-likeness (QED) is 0.619. The third-order valence-corrected chi connectivity index (χ3v) is 5.65. The van der Waals surface area contributed by atoms with E-state index >= 15 is 0 Å². The van der Waals surface area contributed by atoms with Gasteiger partial charge < -0.3 is 0 Å². The summed E-state index contributed by atoms with van der Waals surface area (Å²) in [5.74, 6) is -0.161. The molecular weight excluding hydrogens is 314 g/mol. The Morgan fingerprint density at radius 3 is 1.96 bits per heavy atom. The molecule has 0 bridgehead atoms. The van der Waals surface area contributed by atoms with E-state index in [2.05, 4.69) is 34.1 Å². The summed E-state index contributed by atoms with van der Waals surface area (Å²) >= 11 is 0. The van der Waals surface area contributed by atoms with Crippen LogP contribution in [0.1, 0.15) is 18.4 Å². The second-order valence-electron chi connectivity index (χ2n) is 7.28. The summed E-state index contributed by atoms with van der Waals surface area (Å²) in [7, 11) is 0. The lowest BCUT2D eigenvalue weighted by Gasteiger charge is -2.36. The van der Waals surface area contributed by atoms with Gasteiger partial charge in [0.1, 0.15) is 0 Å². The first-order valence-corrected chi connectivity index (χ1v) is 9.21. The van der Waals surface area contributed by atoms with Crippen LogP contribution in [-0.2, 0) is 16.1 Å². The summed E-state index contributed by atoms with van der Waals surface area (Å²) in [6.45, 7) is 5.17. The van der Waals surface area contributed by atoms with Crippen LogP contribution in [0.15, 0.2) is 42.5 Å². The average molecular weight is 339 g/mol. The van der Waals surface area contributed by atoms with Gasteiger partial charge in [0.05, 0.1) is 18.5 Å². The second-order valence-corrected chi connectivity index (χ2v) is 7.28. The molecule has 2 saturated heterocycles. The molecule has 2 fully saturated rings. The van der Waals surface area contributed by atoms with Crippen LogP contribution in [0.5, 0.6) is 0 Å². The molecule has 2 heterocycles. The number of allylic oxidation sites excluding steroid dienone is 2. The Morgan fingerprint density at radius 1 is 0.800 bits per heavy atom. The molecule has 3 aliphatic rings. The predicted octanol–water partition coefficient (Wildman–Crippen LogP) is 1.71. The van der Waals surface area contributed by atoms with E-state index in [-0.39, 0.29) is 23.7 Å². The fraction of sp³-hybridized carbons (Fsp3) is 0.500. The third-order valence-electron chi connectivity index (χ3n) is 5.65. The van der Waals surface area contributed by atoms with E-state index in [0.29, 0.717) is 6.67 Å². The number of likely N-dealkylation sites (tertiary alicyclic amines) is 1. The number of imide groups is 1. The zero-order chi connectivity index (χ0) is 17.2. The van der Waals surface area contributed by atoms with Gasteiger partial charge in [-0.1, -0.05) is 42.5 Å². The van der Waals surface area contributed by atoms with Gasteiger partial charge in [0, 0.05) is 32.7 Å². The molecule has 0 unspecified atom stereocenters. The van der Waals surface area contributed by atoms with Crippen molar-refractivity contribution in [2.45, 2.75) is 19.4 Å². The Hall–Kier alpha value is -1.98. The van der Waals surface area contributed by atoms with Crippen molar-refractivity contribution in [2.24, 2.45) is 11.8 Å². The number of benzene rings is 1. The predicted molar refractivity (Wildman–Crippen MR) is 95.4 cm³/mol. The Bertz CT molecular complexity index is 639. The third kappa shape index (κ3) is 3.39. The van der Waals surface area contributed by atoms with E-state index in [1.807, 2.05) is 18.2 Å². The lowest BCUT2D eigenvalue weighted by atomic mass is 9.85. The molecule has 0 saturated carbocycles. The van der Waals surface area contributed by atoms with Gasteiger partial charge >= 0.3 is 0 Å². The number of rotatable bonds is 4. The highest BCUT2D eigenvalue weighted by Crippen LogP contribution is 2.35. The number of carbonyl (C=O) groups is 2. The molecule has 132 valence electrons. The van der Waals surface area contributed by atoms with E-state index in [1.54, 1.807) is 0 Å². The lowest BCUT2D eigenvalue weighted by molar-refractivity contribution is -0.142. The Labute approximate surface area is 148 Å². The van der Waals surface area contributed by atoms with Crippen LogP contribution < -0.4 is 0 Å². The molecule has 0 aromatic heterocycles. The van der Waals surface area contributed by atoms with Crippen molar-refractivity contribution in [1.29, 1.82) is 0 Å². The van der Waals surface area contributed by atoms with Crippen molar-refractivity contribution < 1.29 is 9.59 Å². The first-order valence-electron chi connectivity index (χ1n) is 9.21. The maximum absolute atomic E-state index is 12.6. The molecule has 1 aromatic rings. The number of amides is 2. The molecule has 5 heteroatoms. The normalized spacial score (nSPS) is 27.8. The first-order chi connectivity index (χ1) is 12.2. The Morgan fingerprint density at radius 2 is 1.36 bits per heavy atom. The number of fused-ring (bicyclic) bond motifs is 1. The molecule has 0 N–H and O–H groups in total. The maximum atomic E-state index is 12.6. The smallest absolute Gasteiger partial charge is 0.234 e. The lowest BCUT2D eigenvalue weighted by Crippen LogP contribution is -2.51. The van der Waals surface area contributed by atoms with Crippen molar-refractivity contribution in [2.75, 3.05) is 32.8 Å². The molecule has 2 amide bonds. The molecule has 5 nitrogen and oxygen atoms in total. The first kappa shape index (κ1) is 16.5. The summed E-state index contributed by atoms with van der Waals surface area (Å²) in [4.78, 5) is 31.3. The molecule has 1 aromatic carbocycles. The molecule has 2 aliphatic heterocycles. The van der Waals surface area contributed by atoms with Crippen LogP contribution in [0.3, 0.4) is 0 Å². The van der Waals surface area contributed by atoms with Crippen molar-refractivity contribution >= 4 is 11.8 Å². The fourth-order valence-corrected chi connectivity index (χ4v) is 4.14. The van der Waals surface area contributed by atoms with Crippen molar-refractivity contribution in [3.05, 3.63) is 48.0 Å². The molecule has 0 radical (unpaired) electrons. The number of hydrogen-bond acceptors (Lipinski definition) is 4. The molecular formula is C20H25N3O2. The van der Waals surface area contributed by atoms with Gasteiger partial charge in [-0.15, -0.1) is 0 Å². The summed E-state index contributed by atoms with van der Waals surface area (Å²) < 4.78 is 0. The van der Waals surface area contributed by atoms with Crippen molar-refractivity contribution in [3.63, 3.8) is 0 Å². The fourth-order valence-electron chi connectivity index (χ4n) is 4.14. The van der Waals surface area contributed by atoms with Gasteiger partial charge in [-0.05, 0) is 18.4 Å². The minimum absolute atomic E-state index is 0.0334. The van der Waals surface area contributed by atoms with Gasteiger partial charge in [0.2, 0.25) is 11.8 Å². The average Bonchev–Trinajstić information content (AvgIpc) is 2.89. The summed E-state index contributed by atoms with van der Waals surface area (Å²) in [5.41, 5.74) is 1.33. The monoisotopic (exact) mass is 339 g/mol. The highest BCUT2D eigenvalue weighted by molar-refractivity contribution is 6.05. The largest absolute Gasteiger partial charge is 0.297 e. The highest BCUT2D eigenvalue weighted by atomic mass is 16.2. The summed E-state index contributed by atoms with van der Waals surface area (Å²) in [6, 6.07) is 10.5. The number of piperazine rings is 1.